The van der Waals surface area contributed by atoms with E-state index in [1.54, 1.807) is 0 Å². The van der Waals surface area contributed by atoms with Gasteiger partial charge in [0.05, 0.1) is 12.5 Å². The lowest BCUT2D eigenvalue weighted by molar-refractivity contribution is -0.142. The Labute approximate surface area is 150 Å². The first-order valence-corrected chi connectivity index (χ1v) is 8.92. The van der Waals surface area contributed by atoms with Gasteiger partial charge in [0.25, 0.3) is 0 Å². The van der Waals surface area contributed by atoms with E-state index < -0.39 is 5.97 Å². The number of carboxylic acids is 1. The Hall–Kier alpha value is -1.76. The number of hydrogen-bond acceptors (Lipinski definition) is 3. The maximum absolute atomic E-state index is 11.9. The minimum Gasteiger partial charge on any atom is -0.489 e. The summed E-state index contributed by atoms with van der Waals surface area (Å²) in [7, 11) is 0. The van der Waals surface area contributed by atoms with Crippen LogP contribution in [0.25, 0.3) is 0 Å². The molecule has 1 aliphatic carbocycles. The SMILES string of the molecule is CC(CNC(=O)NC1CCC(C(=O)O)CC1)Oc1ccc(Br)cc1. The maximum Gasteiger partial charge on any atom is 0.315 e. The molecule has 132 valence electrons. The molecule has 0 spiro atoms. The van der Waals surface area contributed by atoms with Crippen molar-refractivity contribution in [1.29, 1.82) is 0 Å². The molecule has 1 aromatic rings. The van der Waals surface area contributed by atoms with Gasteiger partial charge in [0.15, 0.2) is 0 Å². The Morgan fingerprint density at radius 2 is 1.88 bits per heavy atom. The molecule has 0 bridgehead atoms. The lowest BCUT2D eigenvalue weighted by Crippen LogP contribution is -2.46. The number of ether oxygens (including phenoxy) is 1. The van der Waals surface area contributed by atoms with Crippen molar-refractivity contribution in [3.05, 3.63) is 28.7 Å². The van der Waals surface area contributed by atoms with Gasteiger partial charge < -0.3 is 20.5 Å². The Balaban J connectivity index is 1.66. The van der Waals surface area contributed by atoms with Crippen LogP contribution >= 0.6 is 15.9 Å². The van der Waals surface area contributed by atoms with Crippen LogP contribution in [0.15, 0.2) is 28.7 Å². The van der Waals surface area contributed by atoms with Gasteiger partial charge in [-0.3, -0.25) is 4.79 Å². The Bertz CT molecular complexity index is 556. The van der Waals surface area contributed by atoms with Crippen molar-refractivity contribution in [1.82, 2.24) is 10.6 Å². The fourth-order valence-corrected chi connectivity index (χ4v) is 3.01. The van der Waals surface area contributed by atoms with Crippen LogP contribution in [0.1, 0.15) is 32.6 Å². The van der Waals surface area contributed by atoms with E-state index in [-0.39, 0.29) is 24.1 Å². The molecule has 0 aromatic heterocycles. The summed E-state index contributed by atoms with van der Waals surface area (Å²) in [5.74, 6) is -0.262. The van der Waals surface area contributed by atoms with Crippen LogP contribution in [-0.4, -0.2) is 35.8 Å². The third kappa shape index (κ3) is 6.03. The van der Waals surface area contributed by atoms with Crippen molar-refractivity contribution in [2.24, 2.45) is 5.92 Å². The highest BCUT2D eigenvalue weighted by atomic mass is 79.9. The molecule has 1 aromatic carbocycles. The largest absolute Gasteiger partial charge is 0.489 e. The van der Waals surface area contributed by atoms with Crippen LogP contribution in [-0.2, 0) is 4.79 Å². The fraction of sp³-hybridized carbons (Fsp3) is 0.529. The van der Waals surface area contributed by atoms with E-state index in [0.717, 1.165) is 10.2 Å². The monoisotopic (exact) mass is 398 g/mol. The second kappa shape index (κ2) is 8.92. The summed E-state index contributed by atoms with van der Waals surface area (Å²) in [5, 5.41) is 14.7. The minimum absolute atomic E-state index is 0.0447. The smallest absolute Gasteiger partial charge is 0.315 e. The van der Waals surface area contributed by atoms with Crippen LogP contribution in [0.5, 0.6) is 5.75 Å². The normalized spacial score (nSPS) is 21.6. The molecular formula is C17H23BrN2O4. The van der Waals surface area contributed by atoms with Crippen LogP contribution < -0.4 is 15.4 Å². The highest BCUT2D eigenvalue weighted by Crippen LogP contribution is 2.24. The van der Waals surface area contributed by atoms with Gasteiger partial charge >= 0.3 is 12.0 Å². The molecule has 2 amide bonds. The van der Waals surface area contributed by atoms with Crippen molar-refractivity contribution in [2.75, 3.05) is 6.54 Å². The number of halogens is 1. The zero-order valence-corrected chi connectivity index (χ0v) is 15.2. The average Bonchev–Trinajstić information content (AvgIpc) is 2.55. The lowest BCUT2D eigenvalue weighted by atomic mass is 9.86. The van der Waals surface area contributed by atoms with Crippen LogP contribution in [0.3, 0.4) is 0 Å². The molecule has 1 aliphatic rings. The van der Waals surface area contributed by atoms with Crippen molar-refractivity contribution in [3.8, 4) is 5.75 Å². The van der Waals surface area contributed by atoms with E-state index in [1.165, 1.54) is 0 Å². The predicted octanol–water partition coefficient (Wildman–Crippen LogP) is 3.16. The van der Waals surface area contributed by atoms with Crippen molar-refractivity contribution in [2.45, 2.75) is 44.8 Å². The van der Waals surface area contributed by atoms with E-state index in [9.17, 15) is 9.59 Å². The highest BCUT2D eigenvalue weighted by Gasteiger charge is 2.26. The molecule has 1 saturated carbocycles. The first-order chi connectivity index (χ1) is 11.4. The van der Waals surface area contributed by atoms with Gasteiger partial charge in [-0.15, -0.1) is 0 Å². The van der Waals surface area contributed by atoms with E-state index in [2.05, 4.69) is 26.6 Å². The lowest BCUT2D eigenvalue weighted by Gasteiger charge is -2.27. The topological polar surface area (TPSA) is 87.7 Å². The van der Waals surface area contributed by atoms with E-state index >= 15 is 0 Å². The van der Waals surface area contributed by atoms with Gasteiger partial charge in [-0.25, -0.2) is 4.79 Å². The Kier molecular flexibility index (Phi) is 6.90. The van der Waals surface area contributed by atoms with Gasteiger partial charge in [0, 0.05) is 10.5 Å². The van der Waals surface area contributed by atoms with Crippen molar-refractivity contribution >= 4 is 27.9 Å². The van der Waals surface area contributed by atoms with Crippen LogP contribution in [0.4, 0.5) is 4.79 Å². The van der Waals surface area contributed by atoms with Gasteiger partial charge in [-0.1, -0.05) is 15.9 Å². The van der Waals surface area contributed by atoms with Gasteiger partial charge in [-0.2, -0.15) is 0 Å². The third-order valence-corrected chi connectivity index (χ3v) is 4.64. The number of hydrogen-bond donors (Lipinski definition) is 3. The summed E-state index contributed by atoms with van der Waals surface area (Å²) in [4.78, 5) is 22.8. The number of carbonyl (C=O) groups excluding carboxylic acids is 1. The summed E-state index contributed by atoms with van der Waals surface area (Å²) in [6.07, 6.45) is 2.48. The molecule has 1 unspecified atom stereocenters. The predicted molar refractivity (Wildman–Crippen MR) is 94.1 cm³/mol. The molecule has 0 radical (unpaired) electrons. The fourth-order valence-electron chi connectivity index (χ4n) is 2.74. The number of nitrogens with one attached hydrogen (secondary N) is 2. The average molecular weight is 399 g/mol. The zero-order chi connectivity index (χ0) is 17.5. The van der Waals surface area contributed by atoms with Gasteiger partial charge in [0.2, 0.25) is 0 Å². The number of carboxylic acid groups (broad SMARTS) is 1. The van der Waals surface area contributed by atoms with Crippen LogP contribution in [0, 0.1) is 5.92 Å². The molecule has 1 fully saturated rings. The molecule has 6 nitrogen and oxygen atoms in total. The second-order valence-electron chi connectivity index (χ2n) is 6.12. The number of rotatable bonds is 6. The summed E-state index contributed by atoms with van der Waals surface area (Å²) < 4.78 is 6.71. The molecule has 0 saturated heterocycles. The molecule has 1 atom stereocenters. The van der Waals surface area contributed by atoms with E-state index in [1.807, 2.05) is 31.2 Å². The van der Waals surface area contributed by atoms with Crippen LogP contribution in [0.2, 0.25) is 0 Å². The molecular weight excluding hydrogens is 376 g/mol. The third-order valence-electron chi connectivity index (χ3n) is 4.11. The number of urea groups is 1. The quantitative estimate of drug-likeness (QED) is 0.686. The highest BCUT2D eigenvalue weighted by molar-refractivity contribution is 9.10. The number of amides is 2. The number of benzene rings is 1. The summed E-state index contributed by atoms with van der Waals surface area (Å²) >= 11 is 3.37. The van der Waals surface area contributed by atoms with E-state index in [4.69, 9.17) is 9.84 Å². The minimum atomic E-state index is -0.739. The first kappa shape index (κ1) is 18.6. The second-order valence-corrected chi connectivity index (χ2v) is 7.04. The van der Waals surface area contributed by atoms with E-state index in [0.29, 0.717) is 32.2 Å². The zero-order valence-electron chi connectivity index (χ0n) is 13.6. The summed E-state index contributed by atoms with van der Waals surface area (Å²) in [6, 6.07) is 7.33. The molecule has 7 heteroatoms. The number of carbonyl (C=O) groups is 2. The number of aliphatic carboxylic acids is 1. The first-order valence-electron chi connectivity index (χ1n) is 8.13. The molecule has 3 N–H and O–H groups in total. The maximum atomic E-state index is 11.9. The molecule has 24 heavy (non-hydrogen) atoms. The van der Waals surface area contributed by atoms with Crippen molar-refractivity contribution < 1.29 is 19.4 Å². The molecule has 2 rings (SSSR count). The molecule has 0 aliphatic heterocycles. The Morgan fingerprint density at radius 1 is 1.25 bits per heavy atom. The van der Waals surface area contributed by atoms with Crippen molar-refractivity contribution in [3.63, 3.8) is 0 Å². The Morgan fingerprint density at radius 3 is 2.46 bits per heavy atom. The summed E-state index contributed by atoms with van der Waals surface area (Å²) in [5.41, 5.74) is 0. The van der Waals surface area contributed by atoms with Gasteiger partial charge in [-0.05, 0) is 56.9 Å². The standard InChI is InChI=1S/C17H23BrN2O4/c1-11(24-15-8-4-13(18)5-9-15)10-19-17(23)20-14-6-2-12(3-7-14)16(21)22/h4-5,8-9,11-12,14H,2-3,6-7,10H2,1H3,(H,21,22)(H2,19,20,23). The van der Waals surface area contributed by atoms with Gasteiger partial charge in [0.1, 0.15) is 11.9 Å². The molecule has 0 heterocycles. The summed E-state index contributed by atoms with van der Waals surface area (Å²) in [6.45, 7) is 2.28.